The smallest absolute Gasteiger partial charge is 0.136 e. The van der Waals surface area contributed by atoms with Crippen molar-refractivity contribution in [2.75, 3.05) is 12.4 Å². The Balaban J connectivity index is 1.76. The van der Waals surface area contributed by atoms with Crippen LogP contribution in [0.4, 0.5) is 5.69 Å². The lowest BCUT2D eigenvalue weighted by Crippen LogP contribution is -2.00. The molecular weight excluding hydrogens is 262 g/mol. The standard InChI is InChI=1S/C17H15N3O/c1-21-17-5-2-12(8-14(17)10-18)11-20-15-3-4-16-13(9-15)6-7-19-16/h2-9,19-20H,11H2,1H3. The van der Waals surface area contributed by atoms with Gasteiger partial charge in [0.05, 0.1) is 12.7 Å². The summed E-state index contributed by atoms with van der Waals surface area (Å²) in [6.07, 6.45) is 1.93. The topological polar surface area (TPSA) is 60.8 Å². The highest BCUT2D eigenvalue weighted by Gasteiger charge is 2.04. The number of ether oxygens (including phenoxy) is 1. The molecule has 0 atom stereocenters. The summed E-state index contributed by atoms with van der Waals surface area (Å²) in [5.74, 6) is 0.606. The molecule has 3 aromatic rings. The van der Waals surface area contributed by atoms with Gasteiger partial charge in [-0.1, -0.05) is 6.07 Å². The second-order valence-electron chi connectivity index (χ2n) is 4.78. The van der Waals surface area contributed by atoms with Gasteiger partial charge in [-0.2, -0.15) is 5.26 Å². The molecule has 2 N–H and O–H groups in total. The average molecular weight is 277 g/mol. The van der Waals surface area contributed by atoms with Crippen LogP contribution in [-0.4, -0.2) is 12.1 Å². The van der Waals surface area contributed by atoms with E-state index in [1.807, 2.05) is 42.6 Å². The van der Waals surface area contributed by atoms with Crippen LogP contribution in [0.15, 0.2) is 48.7 Å². The molecule has 0 fully saturated rings. The van der Waals surface area contributed by atoms with Gasteiger partial charge in [0.25, 0.3) is 0 Å². The molecule has 104 valence electrons. The molecule has 0 saturated carbocycles. The van der Waals surface area contributed by atoms with Gasteiger partial charge < -0.3 is 15.0 Å². The molecule has 2 aromatic carbocycles. The van der Waals surface area contributed by atoms with E-state index < -0.39 is 0 Å². The van der Waals surface area contributed by atoms with Gasteiger partial charge in [0.2, 0.25) is 0 Å². The normalized spacial score (nSPS) is 10.3. The zero-order chi connectivity index (χ0) is 14.7. The first-order valence-corrected chi connectivity index (χ1v) is 6.68. The summed E-state index contributed by atoms with van der Waals surface area (Å²) < 4.78 is 5.15. The van der Waals surface area contributed by atoms with E-state index >= 15 is 0 Å². The number of nitriles is 1. The van der Waals surface area contributed by atoms with E-state index in [1.54, 1.807) is 7.11 Å². The van der Waals surface area contributed by atoms with Gasteiger partial charge in [-0.3, -0.25) is 0 Å². The third-order valence-electron chi connectivity index (χ3n) is 3.43. The van der Waals surface area contributed by atoms with E-state index in [9.17, 15) is 0 Å². The van der Waals surface area contributed by atoms with Crippen molar-refractivity contribution in [3.05, 3.63) is 59.8 Å². The molecule has 0 spiro atoms. The van der Waals surface area contributed by atoms with Gasteiger partial charge >= 0.3 is 0 Å². The van der Waals surface area contributed by atoms with Crippen LogP contribution in [0.2, 0.25) is 0 Å². The quantitative estimate of drug-likeness (QED) is 0.765. The van der Waals surface area contributed by atoms with Gasteiger partial charge in [0.1, 0.15) is 11.8 Å². The van der Waals surface area contributed by atoms with Crippen LogP contribution in [0, 0.1) is 11.3 Å². The summed E-state index contributed by atoms with van der Waals surface area (Å²) in [5, 5.41) is 13.6. The lowest BCUT2D eigenvalue weighted by molar-refractivity contribution is 0.413. The number of nitrogens with zero attached hydrogens (tertiary/aromatic N) is 1. The predicted octanol–water partition coefficient (Wildman–Crippen LogP) is 3.66. The number of hydrogen-bond acceptors (Lipinski definition) is 3. The fourth-order valence-corrected chi connectivity index (χ4v) is 2.32. The summed E-state index contributed by atoms with van der Waals surface area (Å²) in [7, 11) is 1.57. The maximum absolute atomic E-state index is 9.10. The Labute approximate surface area is 123 Å². The molecule has 4 nitrogen and oxygen atoms in total. The van der Waals surface area contributed by atoms with Crippen LogP contribution in [0.5, 0.6) is 5.75 Å². The minimum absolute atomic E-state index is 0.554. The predicted molar refractivity (Wildman–Crippen MR) is 83.3 cm³/mol. The van der Waals surface area contributed by atoms with Crippen molar-refractivity contribution in [3.8, 4) is 11.8 Å². The number of hydrogen-bond donors (Lipinski definition) is 2. The Morgan fingerprint density at radius 2 is 2.10 bits per heavy atom. The van der Waals surface area contributed by atoms with Crippen molar-refractivity contribution in [1.82, 2.24) is 4.98 Å². The lowest BCUT2D eigenvalue weighted by atomic mass is 10.1. The van der Waals surface area contributed by atoms with E-state index in [2.05, 4.69) is 22.4 Å². The van der Waals surface area contributed by atoms with Gasteiger partial charge in [-0.05, 0) is 42.0 Å². The zero-order valence-corrected chi connectivity index (χ0v) is 11.7. The lowest BCUT2D eigenvalue weighted by Gasteiger charge is -2.09. The maximum atomic E-state index is 9.10. The summed E-state index contributed by atoms with van der Waals surface area (Å²) in [6, 6.07) is 16.0. The molecule has 0 unspecified atom stereocenters. The van der Waals surface area contributed by atoms with Gasteiger partial charge in [-0.25, -0.2) is 0 Å². The van der Waals surface area contributed by atoms with Crippen LogP contribution >= 0.6 is 0 Å². The third kappa shape index (κ3) is 2.67. The van der Waals surface area contributed by atoms with Crippen molar-refractivity contribution in [1.29, 1.82) is 5.26 Å². The van der Waals surface area contributed by atoms with Crippen LogP contribution < -0.4 is 10.1 Å². The van der Waals surface area contributed by atoms with Crippen LogP contribution in [0.25, 0.3) is 10.9 Å². The molecule has 1 heterocycles. The number of aromatic nitrogens is 1. The van der Waals surface area contributed by atoms with Crippen LogP contribution in [0.3, 0.4) is 0 Å². The molecule has 0 bridgehead atoms. The molecule has 0 aliphatic heterocycles. The first-order chi connectivity index (χ1) is 10.3. The summed E-state index contributed by atoms with van der Waals surface area (Å²) in [6.45, 7) is 0.661. The molecule has 0 saturated heterocycles. The first kappa shape index (κ1) is 13.1. The number of anilines is 1. The van der Waals surface area contributed by atoms with Gasteiger partial charge in [0.15, 0.2) is 0 Å². The number of rotatable bonds is 4. The number of benzene rings is 2. The summed E-state index contributed by atoms with van der Waals surface area (Å²) >= 11 is 0. The van der Waals surface area contributed by atoms with Crippen molar-refractivity contribution in [3.63, 3.8) is 0 Å². The Bertz CT molecular complexity index is 814. The fourth-order valence-electron chi connectivity index (χ4n) is 2.32. The Hall–Kier alpha value is -2.93. The number of nitrogens with one attached hydrogen (secondary N) is 2. The SMILES string of the molecule is COc1ccc(CNc2ccc3[nH]ccc3c2)cc1C#N. The van der Waals surface area contributed by atoms with Gasteiger partial charge in [-0.15, -0.1) is 0 Å². The first-order valence-electron chi connectivity index (χ1n) is 6.68. The maximum Gasteiger partial charge on any atom is 0.136 e. The monoisotopic (exact) mass is 277 g/mol. The van der Waals surface area contributed by atoms with Crippen molar-refractivity contribution in [2.45, 2.75) is 6.54 Å². The molecule has 0 amide bonds. The van der Waals surface area contributed by atoms with E-state index in [4.69, 9.17) is 10.00 Å². The van der Waals surface area contributed by atoms with E-state index in [0.717, 1.165) is 16.8 Å². The zero-order valence-electron chi connectivity index (χ0n) is 11.7. The molecule has 1 aromatic heterocycles. The molecule has 3 rings (SSSR count). The fraction of sp³-hybridized carbons (Fsp3) is 0.118. The molecule has 4 heteroatoms. The highest BCUT2D eigenvalue weighted by atomic mass is 16.5. The number of H-pyrrole nitrogens is 1. The molecule has 0 aliphatic rings. The third-order valence-corrected chi connectivity index (χ3v) is 3.43. The van der Waals surface area contributed by atoms with Gasteiger partial charge in [0, 0.05) is 29.3 Å². The van der Waals surface area contributed by atoms with Crippen LogP contribution in [0.1, 0.15) is 11.1 Å². The Morgan fingerprint density at radius 3 is 2.90 bits per heavy atom. The highest BCUT2D eigenvalue weighted by Crippen LogP contribution is 2.21. The largest absolute Gasteiger partial charge is 0.495 e. The summed E-state index contributed by atoms with van der Waals surface area (Å²) in [5.41, 5.74) is 3.77. The molecule has 0 radical (unpaired) electrons. The number of aromatic amines is 1. The number of methoxy groups -OCH3 is 1. The minimum Gasteiger partial charge on any atom is -0.495 e. The molecule has 0 aliphatic carbocycles. The van der Waals surface area contributed by atoms with Crippen LogP contribution in [-0.2, 0) is 6.54 Å². The minimum atomic E-state index is 0.554. The van der Waals surface area contributed by atoms with Crippen molar-refractivity contribution in [2.24, 2.45) is 0 Å². The number of fused-ring (bicyclic) bond motifs is 1. The average Bonchev–Trinajstić information content (AvgIpc) is 3.00. The van der Waals surface area contributed by atoms with E-state index in [-0.39, 0.29) is 0 Å². The highest BCUT2D eigenvalue weighted by molar-refractivity contribution is 5.82. The molecule has 21 heavy (non-hydrogen) atoms. The molecular formula is C17H15N3O. The summed E-state index contributed by atoms with van der Waals surface area (Å²) in [4.78, 5) is 3.17. The Kier molecular flexibility index (Phi) is 3.48. The van der Waals surface area contributed by atoms with Crippen molar-refractivity contribution < 1.29 is 4.74 Å². The van der Waals surface area contributed by atoms with E-state index in [0.29, 0.717) is 17.9 Å². The van der Waals surface area contributed by atoms with Crippen molar-refractivity contribution >= 4 is 16.6 Å². The van der Waals surface area contributed by atoms with E-state index in [1.165, 1.54) is 5.39 Å². The Morgan fingerprint density at radius 1 is 1.19 bits per heavy atom. The second-order valence-corrected chi connectivity index (χ2v) is 4.78. The second kappa shape index (κ2) is 5.59.